The van der Waals surface area contributed by atoms with Gasteiger partial charge in [-0.2, -0.15) is 23.4 Å². The first-order valence-corrected chi connectivity index (χ1v) is 7.40. The van der Waals surface area contributed by atoms with E-state index in [1.54, 1.807) is 28.1 Å². The van der Waals surface area contributed by atoms with Crippen LogP contribution in [-0.4, -0.2) is 25.9 Å². The van der Waals surface area contributed by atoms with E-state index in [1.165, 1.54) is 6.20 Å². The van der Waals surface area contributed by atoms with Gasteiger partial charge in [-0.15, -0.1) is 0 Å². The van der Waals surface area contributed by atoms with Crippen LogP contribution in [0, 0.1) is 0 Å². The van der Waals surface area contributed by atoms with Gasteiger partial charge >= 0.3 is 6.18 Å². The molecule has 0 fully saturated rings. The Morgan fingerprint density at radius 3 is 2.76 bits per heavy atom. The van der Waals surface area contributed by atoms with Crippen LogP contribution in [-0.2, 0) is 12.7 Å². The molecule has 2 N–H and O–H groups in total. The Morgan fingerprint density at radius 2 is 2.08 bits per heavy atom. The lowest BCUT2D eigenvalue weighted by Gasteiger charge is -2.03. The number of benzene rings is 1. The molecule has 0 unspecified atom stereocenters. The topological polar surface area (TPSA) is 75.6 Å². The molecule has 3 aromatic rings. The average molecular weight is 370 g/mol. The van der Waals surface area contributed by atoms with Crippen LogP contribution < -0.4 is 5.32 Å². The molecule has 10 heteroatoms. The molecule has 2 heterocycles. The van der Waals surface area contributed by atoms with Crippen molar-refractivity contribution in [2.75, 3.05) is 5.32 Å². The average Bonchev–Trinajstić information content (AvgIpc) is 3.18. The van der Waals surface area contributed by atoms with Gasteiger partial charge in [-0.25, -0.2) is 0 Å². The Kier molecular flexibility index (Phi) is 4.49. The standard InChI is InChI=1S/C15H11ClF3N5O/c16-11-4-2-1-3-9(11)7-24-8-10(6-20-24)21-14(25)12-5-13(23-22-12)15(17,18)19/h1-6,8H,7H2,(H,21,25)(H,22,23). The summed E-state index contributed by atoms with van der Waals surface area (Å²) in [7, 11) is 0. The van der Waals surface area contributed by atoms with Crippen LogP contribution in [0.5, 0.6) is 0 Å². The molecular weight excluding hydrogens is 359 g/mol. The zero-order valence-corrected chi connectivity index (χ0v) is 13.3. The summed E-state index contributed by atoms with van der Waals surface area (Å²) in [6.07, 6.45) is -1.67. The highest BCUT2D eigenvalue weighted by Gasteiger charge is 2.33. The van der Waals surface area contributed by atoms with Gasteiger partial charge in [-0.05, 0) is 11.6 Å². The maximum atomic E-state index is 12.5. The van der Waals surface area contributed by atoms with Crippen molar-refractivity contribution >= 4 is 23.2 Å². The highest BCUT2D eigenvalue weighted by atomic mass is 35.5. The maximum absolute atomic E-state index is 12.5. The minimum Gasteiger partial charge on any atom is -0.318 e. The largest absolute Gasteiger partial charge is 0.432 e. The molecule has 0 bridgehead atoms. The first-order valence-electron chi connectivity index (χ1n) is 7.03. The Morgan fingerprint density at radius 1 is 1.32 bits per heavy atom. The van der Waals surface area contributed by atoms with Crippen molar-refractivity contribution in [1.29, 1.82) is 0 Å². The molecule has 1 amide bonds. The van der Waals surface area contributed by atoms with E-state index in [1.807, 2.05) is 12.1 Å². The zero-order chi connectivity index (χ0) is 18.0. The van der Waals surface area contributed by atoms with Crippen molar-refractivity contribution in [3.05, 3.63) is 64.7 Å². The van der Waals surface area contributed by atoms with E-state index in [9.17, 15) is 18.0 Å². The molecule has 130 valence electrons. The second-order valence-corrected chi connectivity index (χ2v) is 5.54. The van der Waals surface area contributed by atoms with Crippen LogP contribution in [0.1, 0.15) is 21.7 Å². The molecule has 0 aliphatic carbocycles. The molecule has 0 aliphatic heterocycles. The Bertz CT molecular complexity index is 902. The number of hydrogen-bond acceptors (Lipinski definition) is 3. The fraction of sp³-hybridized carbons (Fsp3) is 0.133. The summed E-state index contributed by atoms with van der Waals surface area (Å²) in [6, 6.07) is 7.87. The Balaban J connectivity index is 1.68. The van der Waals surface area contributed by atoms with Crippen LogP contribution in [0.3, 0.4) is 0 Å². The number of H-pyrrole nitrogens is 1. The van der Waals surface area contributed by atoms with E-state index in [2.05, 4.69) is 15.5 Å². The second-order valence-electron chi connectivity index (χ2n) is 5.14. The van der Waals surface area contributed by atoms with Crippen molar-refractivity contribution < 1.29 is 18.0 Å². The number of nitrogens with zero attached hydrogens (tertiary/aromatic N) is 3. The molecule has 1 aromatic carbocycles. The molecule has 0 saturated carbocycles. The number of amides is 1. The van der Waals surface area contributed by atoms with Gasteiger partial charge in [0.25, 0.3) is 5.91 Å². The van der Waals surface area contributed by atoms with Gasteiger partial charge < -0.3 is 5.32 Å². The summed E-state index contributed by atoms with van der Waals surface area (Å²) in [4.78, 5) is 12.0. The third kappa shape index (κ3) is 4.00. The number of rotatable bonds is 4. The van der Waals surface area contributed by atoms with Gasteiger partial charge in [-0.1, -0.05) is 29.8 Å². The van der Waals surface area contributed by atoms with Crippen molar-refractivity contribution in [2.24, 2.45) is 0 Å². The number of alkyl halides is 3. The SMILES string of the molecule is O=C(Nc1cnn(Cc2ccccc2Cl)c1)c1cc(C(F)(F)F)[nH]n1. The number of anilines is 1. The molecule has 6 nitrogen and oxygen atoms in total. The predicted molar refractivity (Wildman–Crippen MR) is 84.3 cm³/mol. The van der Waals surface area contributed by atoms with E-state index in [-0.39, 0.29) is 5.69 Å². The molecule has 3 rings (SSSR count). The number of aromatic nitrogens is 4. The highest BCUT2D eigenvalue weighted by Crippen LogP contribution is 2.27. The van der Waals surface area contributed by atoms with Gasteiger partial charge in [0.1, 0.15) is 5.69 Å². The smallest absolute Gasteiger partial charge is 0.318 e. The third-order valence-corrected chi connectivity index (χ3v) is 3.67. The summed E-state index contributed by atoms with van der Waals surface area (Å²) < 4.78 is 39.1. The summed E-state index contributed by atoms with van der Waals surface area (Å²) in [6.45, 7) is 0.385. The maximum Gasteiger partial charge on any atom is 0.432 e. The Hall–Kier alpha value is -2.81. The van der Waals surface area contributed by atoms with Gasteiger partial charge in [-0.3, -0.25) is 14.6 Å². The quantitative estimate of drug-likeness (QED) is 0.738. The van der Waals surface area contributed by atoms with Gasteiger partial charge in [0.05, 0.1) is 18.4 Å². The molecule has 0 radical (unpaired) electrons. The number of nitrogens with one attached hydrogen (secondary N) is 2. The van der Waals surface area contributed by atoms with E-state index >= 15 is 0 Å². The first kappa shape index (κ1) is 17.0. The van der Waals surface area contributed by atoms with Gasteiger partial charge in [0, 0.05) is 17.3 Å². The summed E-state index contributed by atoms with van der Waals surface area (Å²) in [5, 5.41) is 12.2. The van der Waals surface area contributed by atoms with Crippen LogP contribution in [0.4, 0.5) is 18.9 Å². The lowest BCUT2D eigenvalue weighted by molar-refractivity contribution is -0.141. The lowest BCUT2D eigenvalue weighted by Crippen LogP contribution is -2.12. The monoisotopic (exact) mass is 369 g/mol. The molecule has 0 atom stereocenters. The van der Waals surface area contributed by atoms with Crippen LogP contribution in [0.2, 0.25) is 5.02 Å². The van der Waals surface area contributed by atoms with Crippen molar-refractivity contribution in [3.63, 3.8) is 0 Å². The summed E-state index contributed by atoms with van der Waals surface area (Å²) in [5.74, 6) is -0.774. The lowest BCUT2D eigenvalue weighted by atomic mass is 10.2. The fourth-order valence-electron chi connectivity index (χ4n) is 2.09. The number of halogens is 4. The first-order chi connectivity index (χ1) is 11.8. The van der Waals surface area contributed by atoms with Crippen molar-refractivity contribution in [3.8, 4) is 0 Å². The molecule has 0 saturated heterocycles. The molecule has 2 aromatic heterocycles. The van der Waals surface area contributed by atoms with Gasteiger partial charge in [0.15, 0.2) is 5.69 Å². The summed E-state index contributed by atoms with van der Waals surface area (Å²) >= 11 is 6.07. The molecule has 0 aliphatic rings. The number of hydrogen-bond donors (Lipinski definition) is 2. The van der Waals surface area contributed by atoms with Gasteiger partial charge in [0.2, 0.25) is 0 Å². The third-order valence-electron chi connectivity index (χ3n) is 3.30. The summed E-state index contributed by atoms with van der Waals surface area (Å²) in [5.41, 5.74) is -0.292. The van der Waals surface area contributed by atoms with E-state index in [0.717, 1.165) is 5.56 Å². The number of carbonyl (C=O) groups excluding carboxylic acids is 1. The molecule has 0 spiro atoms. The predicted octanol–water partition coefficient (Wildman–Crippen LogP) is 3.58. The van der Waals surface area contributed by atoms with E-state index < -0.39 is 17.8 Å². The fourth-order valence-corrected chi connectivity index (χ4v) is 2.29. The molecular formula is C15H11ClF3N5O. The minimum absolute atomic E-state index is 0.327. The van der Waals surface area contributed by atoms with E-state index in [4.69, 9.17) is 11.6 Å². The highest BCUT2D eigenvalue weighted by molar-refractivity contribution is 6.31. The molecule has 25 heavy (non-hydrogen) atoms. The normalized spacial score (nSPS) is 11.5. The van der Waals surface area contributed by atoms with Crippen molar-refractivity contribution in [2.45, 2.75) is 12.7 Å². The number of aromatic amines is 1. The van der Waals surface area contributed by atoms with Crippen LogP contribution in [0.15, 0.2) is 42.7 Å². The second kappa shape index (κ2) is 6.60. The van der Waals surface area contributed by atoms with Crippen molar-refractivity contribution in [1.82, 2.24) is 20.0 Å². The number of carbonyl (C=O) groups is 1. The van der Waals surface area contributed by atoms with Crippen LogP contribution in [0.25, 0.3) is 0 Å². The minimum atomic E-state index is -4.59. The Labute approximate surface area is 144 Å². The van der Waals surface area contributed by atoms with E-state index in [0.29, 0.717) is 23.3 Å². The zero-order valence-electron chi connectivity index (χ0n) is 12.5. The van der Waals surface area contributed by atoms with Crippen LogP contribution >= 0.6 is 11.6 Å².